The fourth-order valence-electron chi connectivity index (χ4n) is 4.34. The van der Waals surface area contributed by atoms with E-state index in [9.17, 15) is 22.8 Å². The van der Waals surface area contributed by atoms with Gasteiger partial charge in [-0.15, -0.1) is 0 Å². The Morgan fingerprint density at radius 1 is 1.05 bits per heavy atom. The number of carbonyl (C=O) groups is 2. The van der Waals surface area contributed by atoms with Gasteiger partial charge in [0, 0.05) is 40.4 Å². The third-order valence-corrected chi connectivity index (χ3v) is 6.63. The highest BCUT2D eigenvalue weighted by Gasteiger charge is 2.24. The Kier molecular flexibility index (Phi) is 7.92. The van der Waals surface area contributed by atoms with Crippen molar-refractivity contribution in [2.45, 2.75) is 25.7 Å². The second kappa shape index (κ2) is 11.1. The number of halogens is 4. The molecule has 5 nitrogen and oxygen atoms in total. The predicted octanol–water partition coefficient (Wildman–Crippen LogP) is 6.77. The second-order valence-electron chi connectivity index (χ2n) is 8.62. The molecule has 2 N–H and O–H groups in total. The van der Waals surface area contributed by atoms with Crippen molar-refractivity contribution in [3.8, 4) is 11.3 Å². The maximum Gasteiger partial charge on any atom is 0.303 e. The number of hydrogen-bond acceptors (Lipinski definition) is 3. The van der Waals surface area contributed by atoms with Crippen LogP contribution in [0.5, 0.6) is 0 Å². The summed E-state index contributed by atoms with van der Waals surface area (Å²) in [7, 11) is 0. The van der Waals surface area contributed by atoms with Crippen LogP contribution in [0.2, 0.25) is 0 Å². The molecule has 0 aliphatic heterocycles. The van der Waals surface area contributed by atoms with Crippen LogP contribution in [0, 0.1) is 24.4 Å². The smallest absolute Gasteiger partial charge is 0.303 e. The number of fused-ring (bicyclic) bond motifs is 1. The van der Waals surface area contributed by atoms with Gasteiger partial charge < -0.3 is 10.4 Å². The number of pyridine rings is 1. The minimum Gasteiger partial charge on any atom is -0.481 e. The third-order valence-electron chi connectivity index (χ3n) is 6.14. The first kappa shape index (κ1) is 26.3. The molecule has 190 valence electrons. The van der Waals surface area contributed by atoms with Gasteiger partial charge >= 0.3 is 5.97 Å². The highest BCUT2D eigenvalue weighted by molar-refractivity contribution is 9.10. The van der Waals surface area contributed by atoms with E-state index >= 15 is 0 Å². The van der Waals surface area contributed by atoms with Crippen molar-refractivity contribution in [3.63, 3.8) is 0 Å². The Labute approximate surface area is 219 Å². The molecule has 1 heterocycles. The van der Waals surface area contributed by atoms with Crippen LogP contribution in [0.1, 0.15) is 40.2 Å². The monoisotopic (exact) mass is 570 g/mol. The van der Waals surface area contributed by atoms with E-state index in [0.717, 1.165) is 16.1 Å². The van der Waals surface area contributed by atoms with Crippen LogP contribution in [0.25, 0.3) is 22.2 Å². The minimum atomic E-state index is -1.38. The minimum absolute atomic E-state index is 0.133. The van der Waals surface area contributed by atoms with Crippen molar-refractivity contribution >= 4 is 38.7 Å². The van der Waals surface area contributed by atoms with Crippen molar-refractivity contribution in [1.82, 2.24) is 10.3 Å². The lowest BCUT2D eigenvalue weighted by atomic mass is 9.92. The van der Waals surface area contributed by atoms with Gasteiger partial charge in [-0.2, -0.15) is 0 Å². The van der Waals surface area contributed by atoms with Gasteiger partial charge in [-0.1, -0.05) is 46.3 Å². The number of aromatic nitrogens is 1. The van der Waals surface area contributed by atoms with E-state index in [1.165, 1.54) is 0 Å². The summed E-state index contributed by atoms with van der Waals surface area (Å²) >= 11 is 3.42. The molecular weight excluding hydrogens is 549 g/mol. The SMILES string of the molecule is Cc1c(-c2ccccc2)nc2ccc(Br)cc2c1C(=O)NCC(CCC(=O)O)c1cc(F)cc(F)c1F. The summed E-state index contributed by atoms with van der Waals surface area (Å²) in [5.41, 5.74) is 2.63. The maximum absolute atomic E-state index is 14.5. The molecule has 1 unspecified atom stereocenters. The number of nitrogens with zero attached hydrogens (tertiary/aromatic N) is 1. The van der Waals surface area contributed by atoms with E-state index in [4.69, 9.17) is 10.1 Å². The van der Waals surface area contributed by atoms with Crippen LogP contribution < -0.4 is 5.32 Å². The van der Waals surface area contributed by atoms with Crippen LogP contribution in [-0.4, -0.2) is 28.5 Å². The van der Waals surface area contributed by atoms with E-state index < -0.39 is 35.2 Å². The number of benzene rings is 3. The molecule has 0 fully saturated rings. The Bertz CT molecular complexity index is 1500. The molecule has 0 saturated carbocycles. The van der Waals surface area contributed by atoms with Crippen LogP contribution in [-0.2, 0) is 4.79 Å². The zero-order chi connectivity index (χ0) is 26.7. The number of aliphatic carboxylic acids is 1. The topological polar surface area (TPSA) is 79.3 Å². The van der Waals surface area contributed by atoms with E-state index in [0.29, 0.717) is 33.8 Å². The number of hydrogen-bond donors (Lipinski definition) is 2. The molecule has 0 aliphatic carbocycles. The Morgan fingerprint density at radius 3 is 2.49 bits per heavy atom. The first-order valence-corrected chi connectivity index (χ1v) is 12.2. The summed E-state index contributed by atoms with van der Waals surface area (Å²) in [5.74, 6) is -6.27. The zero-order valence-electron chi connectivity index (χ0n) is 19.7. The fourth-order valence-corrected chi connectivity index (χ4v) is 4.70. The summed E-state index contributed by atoms with van der Waals surface area (Å²) in [4.78, 5) is 29.5. The van der Waals surface area contributed by atoms with Crippen LogP contribution in [0.4, 0.5) is 13.2 Å². The lowest BCUT2D eigenvalue weighted by Crippen LogP contribution is -2.30. The number of carboxylic acids is 1. The van der Waals surface area contributed by atoms with E-state index in [-0.39, 0.29) is 24.9 Å². The molecule has 0 radical (unpaired) electrons. The summed E-state index contributed by atoms with van der Waals surface area (Å²) in [5, 5.41) is 12.4. The molecule has 3 aromatic carbocycles. The molecule has 9 heteroatoms. The molecule has 37 heavy (non-hydrogen) atoms. The number of rotatable bonds is 8. The predicted molar refractivity (Wildman–Crippen MR) is 138 cm³/mol. The van der Waals surface area contributed by atoms with Crippen molar-refractivity contribution in [2.75, 3.05) is 6.54 Å². The molecule has 1 atom stereocenters. The van der Waals surface area contributed by atoms with Crippen molar-refractivity contribution in [1.29, 1.82) is 0 Å². The molecule has 0 aliphatic rings. The Morgan fingerprint density at radius 2 is 1.78 bits per heavy atom. The molecule has 1 amide bonds. The molecule has 0 saturated heterocycles. The summed E-state index contributed by atoms with van der Waals surface area (Å²) in [6.45, 7) is 1.54. The first-order valence-electron chi connectivity index (χ1n) is 11.5. The molecule has 1 aromatic heterocycles. The number of nitrogens with one attached hydrogen (secondary N) is 1. The molecular formula is C28H22BrF3N2O3. The fraction of sp³-hybridized carbons (Fsp3) is 0.179. The number of amides is 1. The lowest BCUT2D eigenvalue weighted by molar-refractivity contribution is -0.137. The normalized spacial score (nSPS) is 11.9. The van der Waals surface area contributed by atoms with Gasteiger partial charge in [-0.3, -0.25) is 9.59 Å². The average Bonchev–Trinajstić information content (AvgIpc) is 2.86. The Hall–Kier alpha value is -3.72. The van der Waals surface area contributed by atoms with Crippen LogP contribution in [0.3, 0.4) is 0 Å². The van der Waals surface area contributed by atoms with Crippen molar-refractivity contribution in [3.05, 3.63) is 99.3 Å². The molecule has 4 aromatic rings. The van der Waals surface area contributed by atoms with Gasteiger partial charge in [0.25, 0.3) is 5.91 Å². The first-order chi connectivity index (χ1) is 17.7. The van der Waals surface area contributed by atoms with Crippen LogP contribution >= 0.6 is 15.9 Å². The van der Waals surface area contributed by atoms with Crippen molar-refractivity contribution < 1.29 is 27.9 Å². The molecule has 4 rings (SSSR count). The van der Waals surface area contributed by atoms with Gasteiger partial charge in [0.05, 0.1) is 16.8 Å². The highest BCUT2D eigenvalue weighted by atomic mass is 79.9. The van der Waals surface area contributed by atoms with Gasteiger partial charge in [0.15, 0.2) is 11.6 Å². The zero-order valence-corrected chi connectivity index (χ0v) is 21.3. The van der Waals surface area contributed by atoms with E-state index in [1.807, 2.05) is 36.4 Å². The standard InChI is InChI=1S/C28H22BrF3N2O3/c1-15-25(21-11-18(29)8-9-23(21)34-27(15)16-5-3-2-4-6-16)28(37)33-14-17(7-10-24(35)36)20-12-19(30)13-22(31)26(20)32/h2-6,8-9,11-13,17H,7,10,14H2,1H3,(H,33,37)(H,35,36). The van der Waals surface area contributed by atoms with E-state index in [1.54, 1.807) is 19.1 Å². The van der Waals surface area contributed by atoms with Crippen LogP contribution in [0.15, 0.2) is 65.1 Å². The van der Waals surface area contributed by atoms with Crippen molar-refractivity contribution in [2.24, 2.45) is 0 Å². The third kappa shape index (κ3) is 5.83. The van der Waals surface area contributed by atoms with Gasteiger partial charge in [-0.25, -0.2) is 18.2 Å². The van der Waals surface area contributed by atoms with Gasteiger partial charge in [0.2, 0.25) is 0 Å². The summed E-state index contributed by atoms with van der Waals surface area (Å²) < 4.78 is 43.1. The molecule has 0 bridgehead atoms. The average molecular weight is 571 g/mol. The van der Waals surface area contributed by atoms with Gasteiger partial charge in [-0.05, 0) is 48.7 Å². The number of carboxylic acid groups (broad SMARTS) is 1. The highest BCUT2D eigenvalue weighted by Crippen LogP contribution is 2.32. The quantitative estimate of drug-likeness (QED) is 0.229. The maximum atomic E-state index is 14.5. The Balaban J connectivity index is 1.73. The van der Waals surface area contributed by atoms with Gasteiger partial charge in [0.1, 0.15) is 5.82 Å². The summed E-state index contributed by atoms with van der Waals surface area (Å²) in [6, 6.07) is 16.0. The van der Waals surface area contributed by atoms with E-state index in [2.05, 4.69) is 21.2 Å². The largest absolute Gasteiger partial charge is 0.481 e. The summed E-state index contributed by atoms with van der Waals surface area (Å²) in [6.07, 6.45) is -0.507. The number of carbonyl (C=O) groups excluding carboxylic acids is 1. The lowest BCUT2D eigenvalue weighted by Gasteiger charge is -2.20. The second-order valence-corrected chi connectivity index (χ2v) is 9.53. The molecule has 0 spiro atoms.